The monoisotopic (exact) mass is 395 g/mol. The molecule has 0 bridgehead atoms. The highest BCUT2D eigenvalue weighted by atomic mass is 35.5. The van der Waals surface area contributed by atoms with Gasteiger partial charge in [-0.25, -0.2) is 0 Å². The molecule has 0 aliphatic heterocycles. The van der Waals surface area contributed by atoms with Crippen molar-refractivity contribution < 1.29 is 9.59 Å². The van der Waals surface area contributed by atoms with Crippen LogP contribution in [0.5, 0.6) is 0 Å². The molecule has 0 radical (unpaired) electrons. The van der Waals surface area contributed by atoms with E-state index in [1.807, 2.05) is 43.3 Å². The van der Waals surface area contributed by atoms with Crippen LogP contribution in [0.2, 0.25) is 5.02 Å². The minimum atomic E-state index is -0.724. The second-order valence-electron chi connectivity index (χ2n) is 6.72. The number of nitrogens with zero attached hydrogens (tertiary/aromatic N) is 1. The number of amides is 2. The van der Waals surface area contributed by atoms with Gasteiger partial charge in [0.15, 0.2) is 0 Å². The number of carbonyl (C=O) groups excluding carboxylic acids is 2. The van der Waals surface area contributed by atoms with E-state index in [0.717, 1.165) is 16.3 Å². The van der Waals surface area contributed by atoms with Gasteiger partial charge in [-0.1, -0.05) is 60.1 Å². The fourth-order valence-corrected chi connectivity index (χ4v) is 3.33. The molecular weight excluding hydrogens is 374 g/mol. The molecule has 3 rings (SSSR count). The van der Waals surface area contributed by atoms with Crippen LogP contribution in [0.15, 0.2) is 66.7 Å². The normalized spacial score (nSPS) is 12.0. The fraction of sp³-hybridized carbons (Fsp3) is 0.182. The summed E-state index contributed by atoms with van der Waals surface area (Å²) in [5.74, 6) is -1.41. The molecule has 5 nitrogen and oxygen atoms in total. The van der Waals surface area contributed by atoms with E-state index < -0.39 is 11.8 Å². The summed E-state index contributed by atoms with van der Waals surface area (Å²) in [6, 6.07) is 20.8. The van der Waals surface area contributed by atoms with Gasteiger partial charge < -0.3 is 15.5 Å². The summed E-state index contributed by atoms with van der Waals surface area (Å²) in [7, 11) is 3.90. The van der Waals surface area contributed by atoms with E-state index in [4.69, 9.17) is 11.6 Å². The van der Waals surface area contributed by atoms with Crippen LogP contribution in [0.3, 0.4) is 0 Å². The maximum atomic E-state index is 12.3. The zero-order chi connectivity index (χ0) is 20.1. The Bertz CT molecular complexity index is 998. The molecule has 3 aromatic carbocycles. The summed E-state index contributed by atoms with van der Waals surface area (Å²) in [6.07, 6.45) is 0. The van der Waals surface area contributed by atoms with Gasteiger partial charge in [0.2, 0.25) is 0 Å². The quantitative estimate of drug-likeness (QED) is 0.645. The molecule has 3 aromatic rings. The summed E-state index contributed by atoms with van der Waals surface area (Å²) in [5, 5.41) is 8.04. The number of halogens is 1. The van der Waals surface area contributed by atoms with Crippen molar-refractivity contribution in [3.8, 4) is 0 Å². The molecule has 2 amide bonds. The highest BCUT2D eigenvalue weighted by Crippen LogP contribution is 2.26. The molecule has 0 aliphatic rings. The standard InChI is InChI=1S/C22H22ClN3O2/c1-26(2)20(19-12-5-8-15-7-3-4-11-18(15)19)14-24-21(27)22(28)25-17-10-6-9-16(23)13-17/h3-13,20H,14H2,1-2H3,(H,24,27)(H,25,28). The Morgan fingerprint density at radius 2 is 1.68 bits per heavy atom. The zero-order valence-corrected chi connectivity index (χ0v) is 16.5. The third-order valence-corrected chi connectivity index (χ3v) is 4.79. The van der Waals surface area contributed by atoms with Gasteiger partial charge in [-0.15, -0.1) is 0 Å². The van der Waals surface area contributed by atoms with Crippen LogP contribution in [0.4, 0.5) is 5.69 Å². The molecule has 1 unspecified atom stereocenters. The second kappa shape index (κ2) is 8.87. The topological polar surface area (TPSA) is 61.4 Å². The second-order valence-corrected chi connectivity index (χ2v) is 7.16. The molecule has 0 fully saturated rings. The van der Waals surface area contributed by atoms with E-state index in [1.165, 1.54) is 0 Å². The first-order valence-electron chi connectivity index (χ1n) is 8.94. The van der Waals surface area contributed by atoms with Crippen LogP contribution in [-0.2, 0) is 9.59 Å². The van der Waals surface area contributed by atoms with E-state index in [9.17, 15) is 9.59 Å². The number of hydrogen-bond donors (Lipinski definition) is 2. The van der Waals surface area contributed by atoms with E-state index in [-0.39, 0.29) is 6.04 Å². The van der Waals surface area contributed by atoms with Crippen LogP contribution < -0.4 is 10.6 Å². The minimum Gasteiger partial charge on any atom is -0.346 e. The van der Waals surface area contributed by atoms with Crippen molar-refractivity contribution in [2.24, 2.45) is 0 Å². The SMILES string of the molecule is CN(C)C(CNC(=O)C(=O)Nc1cccc(Cl)c1)c1cccc2ccccc12. The highest BCUT2D eigenvalue weighted by molar-refractivity contribution is 6.39. The predicted molar refractivity (Wildman–Crippen MR) is 113 cm³/mol. The van der Waals surface area contributed by atoms with Crippen molar-refractivity contribution in [3.05, 3.63) is 77.3 Å². The molecule has 1 atom stereocenters. The fourth-order valence-electron chi connectivity index (χ4n) is 3.14. The number of nitrogens with one attached hydrogen (secondary N) is 2. The molecule has 144 valence electrons. The van der Waals surface area contributed by atoms with Gasteiger partial charge in [0.1, 0.15) is 0 Å². The van der Waals surface area contributed by atoms with Crippen LogP contribution in [0.25, 0.3) is 10.8 Å². The van der Waals surface area contributed by atoms with Gasteiger partial charge in [0.05, 0.1) is 6.04 Å². The van der Waals surface area contributed by atoms with Gasteiger partial charge >= 0.3 is 11.8 Å². The summed E-state index contributed by atoms with van der Waals surface area (Å²) < 4.78 is 0. The minimum absolute atomic E-state index is 0.0750. The van der Waals surface area contributed by atoms with Gasteiger partial charge in [-0.05, 0) is 48.6 Å². The van der Waals surface area contributed by atoms with E-state index in [1.54, 1.807) is 24.3 Å². The van der Waals surface area contributed by atoms with E-state index in [0.29, 0.717) is 17.3 Å². The summed E-state index contributed by atoms with van der Waals surface area (Å²) >= 11 is 5.90. The first-order valence-corrected chi connectivity index (χ1v) is 9.32. The third-order valence-electron chi connectivity index (χ3n) is 4.55. The molecular formula is C22H22ClN3O2. The predicted octanol–water partition coefficient (Wildman–Crippen LogP) is 3.85. The largest absolute Gasteiger partial charge is 0.346 e. The first-order chi connectivity index (χ1) is 13.5. The first kappa shape index (κ1) is 19.9. The van der Waals surface area contributed by atoms with E-state index in [2.05, 4.69) is 28.8 Å². The van der Waals surface area contributed by atoms with Crippen molar-refractivity contribution in [2.45, 2.75) is 6.04 Å². The lowest BCUT2D eigenvalue weighted by atomic mass is 9.98. The van der Waals surface area contributed by atoms with Crippen molar-refractivity contribution in [3.63, 3.8) is 0 Å². The van der Waals surface area contributed by atoms with E-state index >= 15 is 0 Å². The van der Waals surface area contributed by atoms with Crippen molar-refractivity contribution in [2.75, 3.05) is 26.0 Å². The summed E-state index contributed by atoms with van der Waals surface area (Å²) in [5.41, 5.74) is 1.57. The summed E-state index contributed by atoms with van der Waals surface area (Å²) in [6.45, 7) is 0.308. The zero-order valence-electron chi connectivity index (χ0n) is 15.8. The Kier molecular flexibility index (Phi) is 6.29. The molecule has 0 aliphatic carbocycles. The van der Waals surface area contributed by atoms with Crippen molar-refractivity contribution >= 4 is 39.9 Å². The maximum absolute atomic E-state index is 12.3. The Morgan fingerprint density at radius 3 is 2.43 bits per heavy atom. The number of carbonyl (C=O) groups is 2. The number of likely N-dealkylation sites (N-methyl/N-ethyl adjacent to an activating group) is 1. The number of anilines is 1. The molecule has 2 N–H and O–H groups in total. The maximum Gasteiger partial charge on any atom is 0.313 e. The van der Waals surface area contributed by atoms with Gasteiger partial charge in [0.25, 0.3) is 0 Å². The lowest BCUT2D eigenvalue weighted by molar-refractivity contribution is -0.136. The Labute approximate surface area is 169 Å². The van der Waals surface area contributed by atoms with Crippen LogP contribution >= 0.6 is 11.6 Å². The summed E-state index contributed by atoms with van der Waals surface area (Å²) in [4.78, 5) is 26.5. The van der Waals surface area contributed by atoms with Crippen molar-refractivity contribution in [1.82, 2.24) is 10.2 Å². The van der Waals surface area contributed by atoms with Crippen LogP contribution in [0, 0.1) is 0 Å². The molecule has 28 heavy (non-hydrogen) atoms. The Hall–Kier alpha value is -2.89. The number of rotatable bonds is 5. The van der Waals surface area contributed by atoms with Crippen LogP contribution in [-0.4, -0.2) is 37.4 Å². The average Bonchev–Trinajstić information content (AvgIpc) is 2.68. The Morgan fingerprint density at radius 1 is 0.964 bits per heavy atom. The molecule has 0 heterocycles. The van der Waals surface area contributed by atoms with Gasteiger partial charge in [0, 0.05) is 17.3 Å². The molecule has 0 spiro atoms. The molecule has 0 saturated heterocycles. The number of fused-ring (bicyclic) bond motifs is 1. The number of benzene rings is 3. The van der Waals surface area contributed by atoms with Crippen LogP contribution in [0.1, 0.15) is 11.6 Å². The lowest BCUT2D eigenvalue weighted by Gasteiger charge is -2.26. The molecule has 0 saturated carbocycles. The van der Waals surface area contributed by atoms with Gasteiger partial charge in [-0.2, -0.15) is 0 Å². The Balaban J connectivity index is 1.71. The number of hydrogen-bond acceptors (Lipinski definition) is 3. The molecule has 0 aromatic heterocycles. The van der Waals surface area contributed by atoms with Crippen molar-refractivity contribution in [1.29, 1.82) is 0 Å². The lowest BCUT2D eigenvalue weighted by Crippen LogP contribution is -2.40. The smallest absolute Gasteiger partial charge is 0.313 e. The third kappa shape index (κ3) is 4.68. The molecule has 6 heteroatoms. The average molecular weight is 396 g/mol. The highest BCUT2D eigenvalue weighted by Gasteiger charge is 2.20. The van der Waals surface area contributed by atoms with Gasteiger partial charge in [-0.3, -0.25) is 9.59 Å².